The summed E-state index contributed by atoms with van der Waals surface area (Å²) in [7, 11) is 0. The molecule has 1 aliphatic heterocycles. The van der Waals surface area contributed by atoms with Gasteiger partial charge >= 0.3 is 0 Å². The Balaban J connectivity index is 1.28. The number of nitrogens with zero attached hydrogens (tertiary/aromatic N) is 4. The monoisotopic (exact) mass is 454 g/mol. The summed E-state index contributed by atoms with van der Waals surface area (Å²) in [5.74, 6) is 0.547. The maximum atomic E-state index is 6.41. The summed E-state index contributed by atoms with van der Waals surface area (Å²) >= 11 is 6.29. The number of hydrogen-bond donors (Lipinski definition) is 0. The van der Waals surface area contributed by atoms with Gasteiger partial charge in [0.15, 0.2) is 5.79 Å². The predicted octanol–water partition coefficient (Wildman–Crippen LogP) is 4.52. The third-order valence-electron chi connectivity index (χ3n) is 7.01. The molecule has 0 bridgehead atoms. The first-order valence-electron chi connectivity index (χ1n) is 11.4. The molecule has 0 spiro atoms. The molecule has 0 N–H and O–H groups in total. The number of aryl methyl sites for hydroxylation is 1. The molecule has 0 amide bonds. The smallest absolute Gasteiger partial charge is 0.163 e. The van der Waals surface area contributed by atoms with Gasteiger partial charge in [0.2, 0.25) is 0 Å². The lowest BCUT2D eigenvalue weighted by molar-refractivity contribution is -0.161. The molecule has 0 aromatic carbocycles. The molecule has 4 atom stereocenters. The van der Waals surface area contributed by atoms with Crippen LogP contribution in [0.2, 0.25) is 5.15 Å². The van der Waals surface area contributed by atoms with Crippen LogP contribution < -0.4 is 4.74 Å². The number of ether oxygens (including phenoxy) is 3. The van der Waals surface area contributed by atoms with E-state index in [1.807, 2.05) is 38.4 Å². The van der Waals surface area contributed by atoms with Gasteiger partial charge in [-0.25, -0.2) is 9.97 Å². The van der Waals surface area contributed by atoms with Crippen LogP contribution >= 0.6 is 11.6 Å². The zero-order valence-corrected chi connectivity index (χ0v) is 19.1. The fourth-order valence-electron chi connectivity index (χ4n) is 5.63. The standard InChI is InChI=1S/C24H27ClN4O3/c1-24(2)31-20-14(12-30-19-7-9-26-17-6-4-3-5-15(17)19)11-18(21(20)32-24)29-10-8-16-22(25)27-13-28-23(16)29/h7-10,13-14,18,20-21H,3-6,11-12H2,1-2H3/t14-,18+,20+,21-/m0/s1. The molecule has 3 aromatic heterocycles. The van der Waals surface area contributed by atoms with Gasteiger partial charge < -0.3 is 18.8 Å². The minimum atomic E-state index is -0.627. The summed E-state index contributed by atoms with van der Waals surface area (Å²) in [6.07, 6.45) is 10.7. The van der Waals surface area contributed by atoms with Gasteiger partial charge in [0.05, 0.1) is 24.1 Å². The molecule has 2 fully saturated rings. The molecule has 1 saturated carbocycles. The van der Waals surface area contributed by atoms with E-state index in [4.69, 9.17) is 25.8 Å². The highest BCUT2D eigenvalue weighted by molar-refractivity contribution is 6.33. The fraction of sp³-hybridized carbons (Fsp3) is 0.542. The third kappa shape index (κ3) is 3.38. The van der Waals surface area contributed by atoms with Gasteiger partial charge in [-0.2, -0.15) is 0 Å². The Hall–Kier alpha value is -2.22. The van der Waals surface area contributed by atoms with Crippen LogP contribution in [-0.2, 0) is 22.3 Å². The largest absolute Gasteiger partial charge is 0.493 e. The third-order valence-corrected chi connectivity index (χ3v) is 7.32. The van der Waals surface area contributed by atoms with Gasteiger partial charge in [0, 0.05) is 29.6 Å². The van der Waals surface area contributed by atoms with E-state index in [1.54, 1.807) is 0 Å². The summed E-state index contributed by atoms with van der Waals surface area (Å²) in [5, 5.41) is 1.32. The van der Waals surface area contributed by atoms with Gasteiger partial charge in [0.1, 0.15) is 29.0 Å². The minimum Gasteiger partial charge on any atom is -0.493 e. The maximum absolute atomic E-state index is 6.41. The second kappa shape index (κ2) is 7.68. The Labute approximate surface area is 192 Å². The highest BCUT2D eigenvalue weighted by Crippen LogP contribution is 2.48. The quantitative estimate of drug-likeness (QED) is 0.540. The van der Waals surface area contributed by atoms with Crippen LogP contribution in [-0.4, -0.2) is 44.1 Å². The lowest BCUT2D eigenvalue weighted by Gasteiger charge is -2.25. The Bertz CT molecular complexity index is 1160. The molecule has 4 heterocycles. The first-order chi connectivity index (χ1) is 15.5. The van der Waals surface area contributed by atoms with E-state index in [1.165, 1.54) is 30.4 Å². The molecule has 0 unspecified atom stereocenters. The summed E-state index contributed by atoms with van der Waals surface area (Å²) < 4.78 is 21.3. The molecule has 7 nitrogen and oxygen atoms in total. The Kier molecular flexibility index (Phi) is 4.89. The molecule has 6 rings (SSSR count). The van der Waals surface area contributed by atoms with Gasteiger partial charge in [-0.3, -0.25) is 4.98 Å². The van der Waals surface area contributed by atoms with Crippen LogP contribution in [0.4, 0.5) is 0 Å². The number of rotatable bonds is 4. The van der Waals surface area contributed by atoms with E-state index in [0.29, 0.717) is 11.8 Å². The van der Waals surface area contributed by atoms with E-state index in [2.05, 4.69) is 19.5 Å². The van der Waals surface area contributed by atoms with Crippen LogP contribution in [0.3, 0.4) is 0 Å². The van der Waals surface area contributed by atoms with Crippen LogP contribution in [0.5, 0.6) is 5.75 Å². The van der Waals surface area contributed by atoms with Crippen molar-refractivity contribution < 1.29 is 14.2 Å². The number of fused-ring (bicyclic) bond motifs is 3. The number of hydrogen-bond acceptors (Lipinski definition) is 6. The normalized spacial score (nSPS) is 28.6. The van der Waals surface area contributed by atoms with Crippen LogP contribution in [0.1, 0.15) is 50.4 Å². The molecule has 3 aromatic rings. The molecular formula is C24H27ClN4O3. The van der Waals surface area contributed by atoms with Crippen LogP contribution in [0.15, 0.2) is 30.9 Å². The molecule has 2 aliphatic carbocycles. The predicted molar refractivity (Wildman–Crippen MR) is 120 cm³/mol. The average molecular weight is 455 g/mol. The number of aromatic nitrogens is 4. The number of halogens is 1. The van der Waals surface area contributed by atoms with Crippen molar-refractivity contribution in [3.8, 4) is 5.75 Å². The summed E-state index contributed by atoms with van der Waals surface area (Å²) in [6, 6.07) is 4.06. The molecule has 32 heavy (non-hydrogen) atoms. The average Bonchev–Trinajstić information content (AvgIpc) is 3.44. The van der Waals surface area contributed by atoms with Crippen molar-refractivity contribution in [3.63, 3.8) is 0 Å². The summed E-state index contributed by atoms with van der Waals surface area (Å²) in [5.41, 5.74) is 3.29. The van der Waals surface area contributed by atoms with Gasteiger partial charge in [-0.15, -0.1) is 0 Å². The van der Waals surface area contributed by atoms with Crippen molar-refractivity contribution in [3.05, 3.63) is 47.3 Å². The molecular weight excluding hydrogens is 428 g/mol. The van der Waals surface area contributed by atoms with Gasteiger partial charge in [0.25, 0.3) is 0 Å². The van der Waals surface area contributed by atoms with E-state index in [-0.39, 0.29) is 24.2 Å². The van der Waals surface area contributed by atoms with Crippen molar-refractivity contribution >= 4 is 22.6 Å². The highest BCUT2D eigenvalue weighted by atomic mass is 35.5. The fourth-order valence-corrected chi connectivity index (χ4v) is 5.82. The first kappa shape index (κ1) is 20.4. The second-order valence-electron chi connectivity index (χ2n) is 9.51. The lowest BCUT2D eigenvalue weighted by atomic mass is 9.95. The zero-order valence-electron chi connectivity index (χ0n) is 18.3. The minimum absolute atomic E-state index is 0.0394. The molecule has 0 radical (unpaired) electrons. The SMILES string of the molecule is CC1(C)O[C@@H]2[C@H](COc3ccnc4c3CCCC4)C[C@@H](n3ccc4c(Cl)ncnc43)[C@@H]2O1. The second-order valence-corrected chi connectivity index (χ2v) is 9.86. The van der Waals surface area contributed by atoms with E-state index < -0.39 is 5.79 Å². The molecule has 3 aliphatic rings. The van der Waals surface area contributed by atoms with Crippen molar-refractivity contribution in [1.29, 1.82) is 0 Å². The zero-order chi connectivity index (χ0) is 21.9. The first-order valence-corrected chi connectivity index (χ1v) is 11.8. The van der Waals surface area contributed by atoms with Crippen molar-refractivity contribution in [2.24, 2.45) is 5.92 Å². The van der Waals surface area contributed by atoms with Crippen molar-refractivity contribution in [2.45, 2.75) is 70.0 Å². The topological polar surface area (TPSA) is 71.3 Å². The highest BCUT2D eigenvalue weighted by Gasteiger charge is 2.55. The lowest BCUT2D eigenvalue weighted by Crippen LogP contribution is -2.29. The molecule has 8 heteroatoms. The van der Waals surface area contributed by atoms with Crippen LogP contribution in [0.25, 0.3) is 11.0 Å². The van der Waals surface area contributed by atoms with Gasteiger partial charge in [-0.05, 0) is 58.1 Å². The maximum Gasteiger partial charge on any atom is 0.163 e. The Morgan fingerprint density at radius 2 is 1.97 bits per heavy atom. The summed E-state index contributed by atoms with van der Waals surface area (Å²) in [4.78, 5) is 13.2. The van der Waals surface area contributed by atoms with Gasteiger partial charge in [-0.1, -0.05) is 11.6 Å². The van der Waals surface area contributed by atoms with E-state index >= 15 is 0 Å². The van der Waals surface area contributed by atoms with E-state index in [9.17, 15) is 0 Å². The summed E-state index contributed by atoms with van der Waals surface area (Å²) in [6.45, 7) is 4.54. The van der Waals surface area contributed by atoms with Crippen molar-refractivity contribution in [1.82, 2.24) is 19.5 Å². The number of pyridine rings is 1. The molecule has 1 saturated heterocycles. The Morgan fingerprint density at radius 3 is 2.88 bits per heavy atom. The van der Waals surface area contributed by atoms with E-state index in [0.717, 1.165) is 36.0 Å². The molecule has 168 valence electrons. The Morgan fingerprint density at radius 1 is 1.12 bits per heavy atom. The van der Waals surface area contributed by atoms with Crippen LogP contribution in [0, 0.1) is 5.92 Å². The van der Waals surface area contributed by atoms with Crippen molar-refractivity contribution in [2.75, 3.05) is 6.61 Å².